The Hall–Kier alpha value is -0.520. The number of carbonyl (C=O) groups is 1. The van der Waals surface area contributed by atoms with E-state index in [2.05, 4.69) is 22.8 Å². The first kappa shape index (κ1) is 14.4. The number of esters is 1. The molecule has 2 fully saturated rings. The van der Waals surface area contributed by atoms with Crippen molar-refractivity contribution in [2.45, 2.75) is 59.6 Å². The van der Waals surface area contributed by atoms with Gasteiger partial charge in [0.1, 0.15) is 5.54 Å². The van der Waals surface area contributed by atoms with Gasteiger partial charge in [0.15, 0.2) is 0 Å². The van der Waals surface area contributed by atoms with Crippen LogP contribution in [0.1, 0.15) is 38.5 Å². The van der Waals surface area contributed by atoms with Gasteiger partial charge in [0, 0.05) is 11.3 Å². The van der Waals surface area contributed by atoms with E-state index in [1.807, 2.05) is 11.8 Å². The lowest BCUT2D eigenvalue weighted by atomic mass is 9.81. The van der Waals surface area contributed by atoms with Gasteiger partial charge < -0.3 is 4.74 Å². The van der Waals surface area contributed by atoms with Gasteiger partial charge in [0.25, 0.3) is 0 Å². The summed E-state index contributed by atoms with van der Waals surface area (Å²) in [5.41, 5.74) is -0.441. The quantitative estimate of drug-likeness (QED) is 0.845. The van der Waals surface area contributed by atoms with E-state index in [1.54, 1.807) is 11.3 Å². The Labute approximate surface area is 128 Å². The van der Waals surface area contributed by atoms with E-state index in [-0.39, 0.29) is 5.97 Å². The van der Waals surface area contributed by atoms with E-state index in [1.165, 1.54) is 30.6 Å². The first-order chi connectivity index (χ1) is 9.72. The molecule has 2 atom stereocenters. The molecule has 1 heterocycles. The molecule has 20 heavy (non-hydrogen) atoms. The number of nitrogens with one attached hydrogen (secondary N) is 1. The second kappa shape index (κ2) is 6.08. The molecule has 0 bridgehead atoms. The minimum atomic E-state index is -0.441. The minimum absolute atomic E-state index is 0.0686. The van der Waals surface area contributed by atoms with Crippen LogP contribution in [0.2, 0.25) is 0 Å². The molecule has 1 N–H and O–H groups in total. The van der Waals surface area contributed by atoms with E-state index in [0.717, 1.165) is 19.3 Å². The third-order valence-electron chi connectivity index (χ3n) is 4.12. The number of carbonyl (C=O) groups excluding carboxylic acids is 1. The fraction of sp³-hybridized carbons (Fsp3) is 0.667. The molecule has 0 amide bonds. The summed E-state index contributed by atoms with van der Waals surface area (Å²) in [6, 6.07) is 4.78. The highest BCUT2D eigenvalue weighted by molar-refractivity contribution is 8.01. The SMILES string of the molecule is COC(=O)C1(NC2CC2)CCCC(Sc2cccs2)C1. The summed E-state index contributed by atoms with van der Waals surface area (Å²) in [5, 5.41) is 6.20. The van der Waals surface area contributed by atoms with Crippen molar-refractivity contribution in [1.82, 2.24) is 5.32 Å². The van der Waals surface area contributed by atoms with E-state index in [4.69, 9.17) is 4.74 Å². The highest BCUT2D eigenvalue weighted by Crippen LogP contribution is 2.41. The highest BCUT2D eigenvalue weighted by atomic mass is 32.2. The lowest BCUT2D eigenvalue weighted by Gasteiger charge is -2.39. The second-order valence-electron chi connectivity index (χ2n) is 5.76. The normalized spacial score (nSPS) is 30.1. The summed E-state index contributed by atoms with van der Waals surface area (Å²) in [4.78, 5) is 12.3. The molecule has 0 aromatic carbocycles. The van der Waals surface area contributed by atoms with Crippen LogP contribution in [0.15, 0.2) is 21.7 Å². The van der Waals surface area contributed by atoms with Gasteiger partial charge in [0.05, 0.1) is 11.3 Å². The van der Waals surface area contributed by atoms with Crippen LogP contribution < -0.4 is 5.32 Å². The monoisotopic (exact) mass is 311 g/mol. The summed E-state index contributed by atoms with van der Waals surface area (Å²) in [6.45, 7) is 0. The first-order valence-corrected chi connectivity index (χ1v) is 9.04. The Bertz CT molecular complexity index is 458. The fourth-order valence-electron chi connectivity index (χ4n) is 3.01. The van der Waals surface area contributed by atoms with Crippen LogP contribution in [0, 0.1) is 0 Å². The van der Waals surface area contributed by atoms with Gasteiger partial charge in [-0.15, -0.1) is 23.1 Å². The number of ether oxygens (including phenoxy) is 1. The molecule has 3 nitrogen and oxygen atoms in total. The first-order valence-electron chi connectivity index (χ1n) is 7.28. The molecule has 0 radical (unpaired) electrons. The Morgan fingerprint density at radius 3 is 3.00 bits per heavy atom. The molecule has 0 spiro atoms. The molecule has 0 aliphatic heterocycles. The standard InChI is InChI=1S/C15H21NO2S2/c1-18-14(17)15(16-11-6-7-11)8-2-4-12(10-15)20-13-5-3-9-19-13/h3,5,9,11-12,16H,2,4,6-8,10H2,1H3. The predicted octanol–water partition coefficient (Wildman–Crippen LogP) is 3.45. The molecule has 3 rings (SSSR count). The third kappa shape index (κ3) is 3.21. The third-order valence-corrected chi connectivity index (χ3v) is 6.46. The zero-order chi connectivity index (χ0) is 14.0. The zero-order valence-electron chi connectivity index (χ0n) is 11.8. The molecular formula is C15H21NO2S2. The topological polar surface area (TPSA) is 38.3 Å². The second-order valence-corrected chi connectivity index (χ2v) is 8.31. The average molecular weight is 311 g/mol. The summed E-state index contributed by atoms with van der Waals surface area (Å²) in [5.74, 6) is -0.0686. The van der Waals surface area contributed by atoms with Gasteiger partial charge >= 0.3 is 5.97 Å². The number of thiophene rings is 1. The number of hydrogen-bond donors (Lipinski definition) is 1. The molecule has 2 aliphatic rings. The Balaban J connectivity index is 1.70. The van der Waals surface area contributed by atoms with Crippen LogP contribution in [-0.4, -0.2) is 29.9 Å². The van der Waals surface area contributed by atoms with Crippen molar-refractivity contribution >= 4 is 29.1 Å². The van der Waals surface area contributed by atoms with Crippen molar-refractivity contribution in [2.24, 2.45) is 0 Å². The fourth-order valence-corrected chi connectivity index (χ4v) is 5.39. The van der Waals surface area contributed by atoms with Gasteiger partial charge in [0.2, 0.25) is 0 Å². The lowest BCUT2D eigenvalue weighted by Crippen LogP contribution is -2.56. The summed E-state index contributed by atoms with van der Waals surface area (Å²) >= 11 is 3.70. The maximum atomic E-state index is 12.3. The van der Waals surface area contributed by atoms with Gasteiger partial charge in [-0.3, -0.25) is 10.1 Å². The van der Waals surface area contributed by atoms with Crippen LogP contribution in [0.4, 0.5) is 0 Å². The smallest absolute Gasteiger partial charge is 0.326 e. The van der Waals surface area contributed by atoms with Crippen molar-refractivity contribution in [3.05, 3.63) is 17.5 Å². The van der Waals surface area contributed by atoms with Crippen LogP contribution >= 0.6 is 23.1 Å². The van der Waals surface area contributed by atoms with E-state index in [9.17, 15) is 4.79 Å². The zero-order valence-corrected chi connectivity index (χ0v) is 13.4. The van der Waals surface area contributed by atoms with Crippen molar-refractivity contribution < 1.29 is 9.53 Å². The van der Waals surface area contributed by atoms with Gasteiger partial charge in [-0.1, -0.05) is 6.07 Å². The Morgan fingerprint density at radius 1 is 1.50 bits per heavy atom. The van der Waals surface area contributed by atoms with Gasteiger partial charge in [-0.2, -0.15) is 0 Å². The van der Waals surface area contributed by atoms with Crippen LogP contribution in [0.5, 0.6) is 0 Å². The Kier molecular flexibility index (Phi) is 4.38. The molecule has 1 aromatic heterocycles. The van der Waals surface area contributed by atoms with Crippen molar-refractivity contribution in [1.29, 1.82) is 0 Å². The maximum absolute atomic E-state index is 12.3. The van der Waals surface area contributed by atoms with Crippen molar-refractivity contribution in [3.8, 4) is 0 Å². The summed E-state index contributed by atoms with van der Waals surface area (Å²) < 4.78 is 6.45. The van der Waals surface area contributed by atoms with Crippen LogP contribution in [-0.2, 0) is 9.53 Å². The maximum Gasteiger partial charge on any atom is 0.326 e. The summed E-state index contributed by atoms with van der Waals surface area (Å²) in [6.07, 6.45) is 6.48. The number of rotatable bonds is 5. The van der Waals surface area contributed by atoms with Crippen LogP contribution in [0.25, 0.3) is 0 Å². The summed E-state index contributed by atoms with van der Waals surface area (Å²) in [7, 11) is 1.51. The predicted molar refractivity (Wildman–Crippen MR) is 83.3 cm³/mol. The van der Waals surface area contributed by atoms with E-state index >= 15 is 0 Å². The molecule has 2 saturated carbocycles. The average Bonchev–Trinajstić information content (AvgIpc) is 3.11. The Morgan fingerprint density at radius 2 is 2.35 bits per heavy atom. The minimum Gasteiger partial charge on any atom is -0.468 e. The largest absolute Gasteiger partial charge is 0.468 e. The van der Waals surface area contributed by atoms with Gasteiger partial charge in [-0.25, -0.2) is 0 Å². The molecule has 0 saturated heterocycles. The molecule has 5 heteroatoms. The number of methoxy groups -OCH3 is 1. The lowest BCUT2D eigenvalue weighted by molar-refractivity contribution is -0.150. The highest BCUT2D eigenvalue weighted by Gasteiger charge is 2.46. The number of hydrogen-bond acceptors (Lipinski definition) is 5. The number of thioether (sulfide) groups is 1. The van der Waals surface area contributed by atoms with E-state index in [0.29, 0.717) is 11.3 Å². The van der Waals surface area contributed by atoms with E-state index < -0.39 is 5.54 Å². The molecule has 2 unspecified atom stereocenters. The van der Waals surface area contributed by atoms with Gasteiger partial charge in [-0.05, 0) is 50.0 Å². The van der Waals surface area contributed by atoms with Crippen LogP contribution in [0.3, 0.4) is 0 Å². The molecule has 110 valence electrons. The molecular weight excluding hydrogens is 290 g/mol. The van der Waals surface area contributed by atoms with Crippen molar-refractivity contribution in [3.63, 3.8) is 0 Å². The molecule has 1 aromatic rings. The molecule has 2 aliphatic carbocycles. The van der Waals surface area contributed by atoms with Crippen molar-refractivity contribution in [2.75, 3.05) is 7.11 Å².